The van der Waals surface area contributed by atoms with Gasteiger partial charge in [0.25, 0.3) is 0 Å². The molecule has 3 nitrogen and oxygen atoms in total. The summed E-state index contributed by atoms with van der Waals surface area (Å²) in [7, 11) is 0. The average molecular weight is 251 g/mol. The number of rotatable bonds is 2. The Kier molecular flexibility index (Phi) is 5.98. The standard InChI is InChI=1S/C15H29N3/c16-18-15(17-14-11-7-4-8-12-14)13-9-5-2-1-3-6-10-13/h13-14H,1-12,16H2,(H,17,18). The van der Waals surface area contributed by atoms with Crippen molar-refractivity contribution in [2.45, 2.75) is 83.1 Å². The first-order valence-corrected chi connectivity index (χ1v) is 7.94. The Morgan fingerprint density at radius 3 is 1.89 bits per heavy atom. The van der Waals surface area contributed by atoms with Crippen molar-refractivity contribution in [3.8, 4) is 0 Å². The zero-order valence-corrected chi connectivity index (χ0v) is 11.7. The van der Waals surface area contributed by atoms with E-state index in [4.69, 9.17) is 10.8 Å². The van der Waals surface area contributed by atoms with E-state index in [1.165, 1.54) is 77.0 Å². The third kappa shape index (κ3) is 4.27. The number of hydrogen-bond donors (Lipinski definition) is 2. The van der Waals surface area contributed by atoms with Crippen LogP contribution in [0.3, 0.4) is 0 Å². The Balaban J connectivity index is 1.93. The van der Waals surface area contributed by atoms with Gasteiger partial charge < -0.3 is 5.43 Å². The van der Waals surface area contributed by atoms with E-state index in [2.05, 4.69) is 5.43 Å². The summed E-state index contributed by atoms with van der Waals surface area (Å²) in [5.74, 6) is 7.43. The highest BCUT2D eigenvalue weighted by Gasteiger charge is 2.19. The van der Waals surface area contributed by atoms with Crippen LogP contribution in [0.2, 0.25) is 0 Å². The molecule has 0 unspecified atom stereocenters. The van der Waals surface area contributed by atoms with Crippen molar-refractivity contribution < 1.29 is 0 Å². The fourth-order valence-electron chi connectivity index (χ4n) is 3.40. The lowest BCUT2D eigenvalue weighted by atomic mass is 9.89. The van der Waals surface area contributed by atoms with Gasteiger partial charge in [-0.3, -0.25) is 4.99 Å². The van der Waals surface area contributed by atoms with E-state index in [0.717, 1.165) is 5.84 Å². The average Bonchev–Trinajstić information content (AvgIpc) is 2.37. The summed E-state index contributed by atoms with van der Waals surface area (Å²) >= 11 is 0. The predicted octanol–water partition coefficient (Wildman–Crippen LogP) is 3.54. The molecule has 2 fully saturated rings. The van der Waals surface area contributed by atoms with Gasteiger partial charge in [-0.1, -0.05) is 51.4 Å². The monoisotopic (exact) mass is 251 g/mol. The third-order valence-electron chi connectivity index (χ3n) is 4.54. The highest BCUT2D eigenvalue weighted by Crippen LogP contribution is 2.25. The maximum atomic E-state index is 5.73. The summed E-state index contributed by atoms with van der Waals surface area (Å²) in [6.45, 7) is 0. The van der Waals surface area contributed by atoms with Gasteiger partial charge in [-0.2, -0.15) is 0 Å². The highest BCUT2D eigenvalue weighted by atomic mass is 15.3. The van der Waals surface area contributed by atoms with E-state index in [1.54, 1.807) is 0 Å². The molecule has 0 atom stereocenters. The van der Waals surface area contributed by atoms with E-state index in [9.17, 15) is 0 Å². The van der Waals surface area contributed by atoms with Crippen LogP contribution in [0.25, 0.3) is 0 Å². The number of nitrogens with two attached hydrogens (primary N) is 1. The van der Waals surface area contributed by atoms with Gasteiger partial charge in [-0.15, -0.1) is 0 Å². The van der Waals surface area contributed by atoms with Gasteiger partial charge in [0, 0.05) is 5.92 Å². The molecule has 0 aromatic heterocycles. The van der Waals surface area contributed by atoms with Crippen LogP contribution in [0.1, 0.15) is 77.0 Å². The molecule has 2 rings (SSSR count). The third-order valence-corrected chi connectivity index (χ3v) is 4.54. The number of hydrogen-bond acceptors (Lipinski definition) is 2. The number of hydrazine groups is 1. The molecule has 3 N–H and O–H groups in total. The molecule has 104 valence electrons. The normalized spacial score (nSPS) is 25.5. The Morgan fingerprint density at radius 2 is 1.28 bits per heavy atom. The summed E-state index contributed by atoms with van der Waals surface area (Å²) in [4.78, 5) is 4.93. The van der Waals surface area contributed by atoms with Gasteiger partial charge in [0.2, 0.25) is 0 Å². The van der Waals surface area contributed by atoms with Gasteiger partial charge in [0.05, 0.1) is 6.04 Å². The van der Waals surface area contributed by atoms with Crippen LogP contribution in [-0.4, -0.2) is 11.9 Å². The molecule has 0 bridgehead atoms. The second kappa shape index (κ2) is 7.78. The molecule has 2 saturated carbocycles. The minimum atomic E-state index is 0.537. The fourth-order valence-corrected chi connectivity index (χ4v) is 3.40. The molecule has 0 heterocycles. The minimum absolute atomic E-state index is 0.537. The van der Waals surface area contributed by atoms with E-state index in [1.807, 2.05) is 0 Å². The largest absolute Gasteiger partial charge is 0.312 e. The van der Waals surface area contributed by atoms with Crippen molar-refractivity contribution >= 4 is 5.84 Å². The molecular formula is C15H29N3. The van der Waals surface area contributed by atoms with Gasteiger partial charge in [-0.05, 0) is 25.7 Å². The van der Waals surface area contributed by atoms with Crippen molar-refractivity contribution in [1.82, 2.24) is 5.43 Å². The smallest absolute Gasteiger partial charge is 0.114 e. The van der Waals surface area contributed by atoms with Crippen LogP contribution in [0.4, 0.5) is 0 Å². The quantitative estimate of drug-likeness (QED) is 0.341. The molecule has 18 heavy (non-hydrogen) atoms. The van der Waals surface area contributed by atoms with Crippen LogP contribution in [0, 0.1) is 5.92 Å². The molecule has 0 radical (unpaired) electrons. The summed E-state index contributed by atoms with van der Waals surface area (Å²) < 4.78 is 0. The van der Waals surface area contributed by atoms with Crippen LogP contribution in [0.5, 0.6) is 0 Å². The molecule has 0 aromatic carbocycles. The van der Waals surface area contributed by atoms with Crippen molar-refractivity contribution in [3.63, 3.8) is 0 Å². The lowest BCUT2D eigenvalue weighted by molar-refractivity contribution is 0.423. The molecule has 0 saturated heterocycles. The van der Waals surface area contributed by atoms with Gasteiger partial charge in [0.1, 0.15) is 5.84 Å². The first-order valence-electron chi connectivity index (χ1n) is 7.94. The number of nitrogens with one attached hydrogen (secondary N) is 1. The first kappa shape index (κ1) is 13.9. The maximum absolute atomic E-state index is 5.73. The predicted molar refractivity (Wildman–Crippen MR) is 77.4 cm³/mol. The van der Waals surface area contributed by atoms with E-state index >= 15 is 0 Å². The number of amidine groups is 1. The summed E-state index contributed by atoms with van der Waals surface area (Å²) in [5, 5.41) is 0. The van der Waals surface area contributed by atoms with Crippen LogP contribution < -0.4 is 11.3 Å². The van der Waals surface area contributed by atoms with Crippen molar-refractivity contribution in [2.24, 2.45) is 16.8 Å². The molecule has 0 aromatic rings. The van der Waals surface area contributed by atoms with Crippen LogP contribution in [0.15, 0.2) is 4.99 Å². The first-order chi connectivity index (χ1) is 8.90. The van der Waals surface area contributed by atoms with E-state index in [-0.39, 0.29) is 0 Å². The van der Waals surface area contributed by atoms with E-state index in [0.29, 0.717) is 12.0 Å². The summed E-state index contributed by atoms with van der Waals surface area (Å²) in [6, 6.07) is 0.537. The second-order valence-corrected chi connectivity index (χ2v) is 5.99. The molecule has 0 spiro atoms. The molecule has 2 aliphatic carbocycles. The number of nitrogens with zero attached hydrogens (tertiary/aromatic N) is 1. The minimum Gasteiger partial charge on any atom is -0.312 e. The van der Waals surface area contributed by atoms with E-state index < -0.39 is 0 Å². The highest BCUT2D eigenvalue weighted by molar-refractivity contribution is 5.84. The Labute approximate surface area is 112 Å². The molecule has 0 amide bonds. The Hall–Kier alpha value is -0.570. The molecule has 2 aliphatic rings. The van der Waals surface area contributed by atoms with Gasteiger partial charge in [0.15, 0.2) is 0 Å². The lowest BCUT2D eigenvalue weighted by Gasteiger charge is -2.24. The topological polar surface area (TPSA) is 50.4 Å². The molecular weight excluding hydrogens is 222 g/mol. The summed E-state index contributed by atoms with van der Waals surface area (Å²) in [6.07, 6.45) is 16.0. The molecule has 3 heteroatoms. The van der Waals surface area contributed by atoms with Crippen LogP contribution in [-0.2, 0) is 0 Å². The maximum Gasteiger partial charge on any atom is 0.114 e. The lowest BCUT2D eigenvalue weighted by Crippen LogP contribution is -2.38. The number of aliphatic imine (C=N–C) groups is 1. The summed E-state index contributed by atoms with van der Waals surface area (Å²) in [5.41, 5.74) is 2.92. The van der Waals surface area contributed by atoms with Gasteiger partial charge in [-0.25, -0.2) is 5.84 Å². The fraction of sp³-hybridized carbons (Fsp3) is 0.933. The van der Waals surface area contributed by atoms with Crippen molar-refractivity contribution in [2.75, 3.05) is 0 Å². The van der Waals surface area contributed by atoms with Crippen molar-refractivity contribution in [3.05, 3.63) is 0 Å². The van der Waals surface area contributed by atoms with Crippen LogP contribution >= 0.6 is 0 Å². The zero-order chi connectivity index (χ0) is 12.6. The Morgan fingerprint density at radius 1 is 0.778 bits per heavy atom. The second-order valence-electron chi connectivity index (χ2n) is 5.99. The van der Waals surface area contributed by atoms with Gasteiger partial charge >= 0.3 is 0 Å². The van der Waals surface area contributed by atoms with Crippen molar-refractivity contribution in [1.29, 1.82) is 0 Å². The SMILES string of the molecule is NNC(=NC1CCCCC1)C1CCCCCCC1. The Bertz CT molecular complexity index is 248. The molecule has 0 aliphatic heterocycles. The zero-order valence-electron chi connectivity index (χ0n) is 11.7.